The zero-order chi connectivity index (χ0) is 10.3. The Labute approximate surface area is 84.5 Å². The lowest BCUT2D eigenvalue weighted by Crippen LogP contribution is -2.21. The first-order valence-electron chi connectivity index (χ1n) is 5.26. The molecule has 4 nitrogen and oxygen atoms in total. The highest BCUT2D eigenvalue weighted by Gasteiger charge is 2.30. The summed E-state index contributed by atoms with van der Waals surface area (Å²) in [6.07, 6.45) is 2.51. The predicted molar refractivity (Wildman–Crippen MR) is 54.7 cm³/mol. The van der Waals surface area contributed by atoms with Crippen molar-refractivity contribution in [2.75, 3.05) is 0 Å². The molecule has 0 amide bonds. The number of nitrogens with two attached hydrogens (primary N) is 1. The van der Waals surface area contributed by atoms with Crippen LogP contribution < -0.4 is 5.73 Å². The fourth-order valence-electron chi connectivity index (χ4n) is 1.64. The minimum absolute atomic E-state index is 0.000000000000000222. The first kappa shape index (κ1) is 9.65. The van der Waals surface area contributed by atoms with Gasteiger partial charge in [-0.15, -0.1) is 10.2 Å². The summed E-state index contributed by atoms with van der Waals surface area (Å²) in [7, 11) is 2.02. The molecule has 78 valence electrons. The monoisotopic (exact) mass is 194 g/mol. The zero-order valence-corrected chi connectivity index (χ0v) is 9.07. The summed E-state index contributed by atoms with van der Waals surface area (Å²) in [5.41, 5.74) is 6.05. The second kappa shape index (κ2) is 3.35. The van der Waals surface area contributed by atoms with Crippen molar-refractivity contribution >= 4 is 0 Å². The lowest BCUT2D eigenvalue weighted by molar-refractivity contribution is 0.475. The molecule has 1 heterocycles. The Bertz CT molecular complexity index is 325. The van der Waals surface area contributed by atoms with Crippen LogP contribution in [-0.4, -0.2) is 14.8 Å². The molecular formula is C10H18N4. The van der Waals surface area contributed by atoms with Gasteiger partial charge in [0.15, 0.2) is 0 Å². The first-order chi connectivity index (χ1) is 6.61. The Kier molecular flexibility index (Phi) is 2.31. The molecule has 0 bridgehead atoms. The van der Waals surface area contributed by atoms with E-state index in [0.29, 0.717) is 11.8 Å². The smallest absolute Gasteiger partial charge is 0.149 e. The lowest BCUT2D eigenvalue weighted by atomic mass is 10.1. The van der Waals surface area contributed by atoms with Crippen molar-refractivity contribution in [2.45, 2.75) is 38.6 Å². The molecule has 1 unspecified atom stereocenters. The van der Waals surface area contributed by atoms with Gasteiger partial charge in [-0.2, -0.15) is 0 Å². The molecule has 0 aromatic carbocycles. The SMILES string of the molecule is CC(C)C(N)c1nnc(C2CC2)n1C. The van der Waals surface area contributed by atoms with Gasteiger partial charge < -0.3 is 10.3 Å². The summed E-state index contributed by atoms with van der Waals surface area (Å²) in [4.78, 5) is 0. The third-order valence-electron chi connectivity index (χ3n) is 2.90. The van der Waals surface area contributed by atoms with Crippen LogP contribution in [0.15, 0.2) is 0 Å². The van der Waals surface area contributed by atoms with Gasteiger partial charge in [0.2, 0.25) is 0 Å². The maximum Gasteiger partial charge on any atom is 0.149 e. The van der Waals surface area contributed by atoms with Crippen LogP contribution in [0.2, 0.25) is 0 Å². The molecule has 1 atom stereocenters. The van der Waals surface area contributed by atoms with Crippen LogP contribution in [0.5, 0.6) is 0 Å². The Morgan fingerprint density at radius 2 is 2.00 bits per heavy atom. The highest BCUT2D eigenvalue weighted by molar-refractivity contribution is 5.09. The average Bonchev–Trinajstić information content (AvgIpc) is 2.89. The van der Waals surface area contributed by atoms with Crippen molar-refractivity contribution in [1.29, 1.82) is 0 Å². The average molecular weight is 194 g/mol. The van der Waals surface area contributed by atoms with Gasteiger partial charge >= 0.3 is 0 Å². The van der Waals surface area contributed by atoms with Crippen LogP contribution in [0.1, 0.15) is 50.3 Å². The Morgan fingerprint density at radius 1 is 1.36 bits per heavy atom. The van der Waals surface area contributed by atoms with E-state index in [4.69, 9.17) is 5.73 Å². The van der Waals surface area contributed by atoms with E-state index in [0.717, 1.165) is 11.6 Å². The van der Waals surface area contributed by atoms with Gasteiger partial charge in [0, 0.05) is 13.0 Å². The van der Waals surface area contributed by atoms with Crippen LogP contribution in [0, 0.1) is 5.92 Å². The van der Waals surface area contributed by atoms with Crippen LogP contribution in [-0.2, 0) is 7.05 Å². The van der Waals surface area contributed by atoms with E-state index in [2.05, 4.69) is 28.6 Å². The number of hydrogen-bond acceptors (Lipinski definition) is 3. The summed E-state index contributed by atoms with van der Waals surface area (Å²) in [6, 6.07) is -0.000000000000000222. The normalized spacial score (nSPS) is 18.9. The highest BCUT2D eigenvalue weighted by Crippen LogP contribution is 2.39. The molecule has 1 aliphatic carbocycles. The van der Waals surface area contributed by atoms with E-state index in [1.54, 1.807) is 0 Å². The van der Waals surface area contributed by atoms with Gasteiger partial charge in [-0.1, -0.05) is 13.8 Å². The van der Waals surface area contributed by atoms with Crippen molar-refractivity contribution in [1.82, 2.24) is 14.8 Å². The molecule has 1 saturated carbocycles. The van der Waals surface area contributed by atoms with Gasteiger partial charge in [-0.25, -0.2) is 0 Å². The molecule has 4 heteroatoms. The van der Waals surface area contributed by atoms with Crippen LogP contribution in [0.25, 0.3) is 0 Å². The van der Waals surface area contributed by atoms with Crippen molar-refractivity contribution in [3.05, 3.63) is 11.6 Å². The van der Waals surface area contributed by atoms with Gasteiger partial charge in [-0.05, 0) is 18.8 Å². The van der Waals surface area contributed by atoms with Crippen molar-refractivity contribution in [2.24, 2.45) is 18.7 Å². The first-order valence-corrected chi connectivity index (χ1v) is 5.26. The Hall–Kier alpha value is -0.900. The number of hydrogen-bond donors (Lipinski definition) is 1. The summed E-state index contributed by atoms with van der Waals surface area (Å²) >= 11 is 0. The number of nitrogens with zero attached hydrogens (tertiary/aromatic N) is 3. The summed E-state index contributed by atoms with van der Waals surface area (Å²) < 4.78 is 2.07. The molecule has 1 aromatic rings. The summed E-state index contributed by atoms with van der Waals surface area (Å²) in [5.74, 6) is 3.07. The van der Waals surface area contributed by atoms with E-state index in [1.807, 2.05) is 7.05 Å². The minimum Gasteiger partial charge on any atom is -0.321 e. The molecular weight excluding hydrogens is 176 g/mol. The highest BCUT2D eigenvalue weighted by atomic mass is 15.3. The minimum atomic E-state index is -0.000000000000000222. The molecule has 14 heavy (non-hydrogen) atoms. The third kappa shape index (κ3) is 1.54. The molecule has 0 spiro atoms. The van der Waals surface area contributed by atoms with Crippen LogP contribution in [0.3, 0.4) is 0 Å². The van der Waals surface area contributed by atoms with E-state index in [-0.39, 0.29) is 6.04 Å². The maximum absolute atomic E-state index is 6.05. The maximum atomic E-state index is 6.05. The molecule has 1 aliphatic rings. The topological polar surface area (TPSA) is 56.7 Å². The summed E-state index contributed by atoms with van der Waals surface area (Å²) in [6.45, 7) is 4.21. The molecule has 2 N–H and O–H groups in total. The Balaban J connectivity index is 2.25. The quantitative estimate of drug-likeness (QED) is 0.790. The molecule has 1 aromatic heterocycles. The number of rotatable bonds is 3. The molecule has 2 rings (SSSR count). The number of aromatic nitrogens is 3. The molecule has 1 fully saturated rings. The largest absolute Gasteiger partial charge is 0.321 e. The van der Waals surface area contributed by atoms with Crippen molar-refractivity contribution < 1.29 is 0 Å². The van der Waals surface area contributed by atoms with Gasteiger partial charge in [-0.3, -0.25) is 0 Å². The van der Waals surface area contributed by atoms with Crippen molar-refractivity contribution in [3.8, 4) is 0 Å². The van der Waals surface area contributed by atoms with E-state index in [9.17, 15) is 0 Å². The van der Waals surface area contributed by atoms with Gasteiger partial charge in [0.1, 0.15) is 11.6 Å². The fourth-order valence-corrected chi connectivity index (χ4v) is 1.64. The zero-order valence-electron chi connectivity index (χ0n) is 9.07. The van der Waals surface area contributed by atoms with Gasteiger partial charge in [0.05, 0.1) is 6.04 Å². The van der Waals surface area contributed by atoms with E-state index >= 15 is 0 Å². The fraction of sp³-hybridized carbons (Fsp3) is 0.800. The van der Waals surface area contributed by atoms with E-state index in [1.165, 1.54) is 12.8 Å². The van der Waals surface area contributed by atoms with Crippen LogP contribution >= 0.6 is 0 Å². The standard InChI is InChI=1S/C10H18N4/c1-6(2)8(11)10-13-12-9(14(10)3)7-4-5-7/h6-8H,4-5,11H2,1-3H3. The van der Waals surface area contributed by atoms with Crippen molar-refractivity contribution in [3.63, 3.8) is 0 Å². The lowest BCUT2D eigenvalue weighted by Gasteiger charge is -2.14. The second-order valence-electron chi connectivity index (χ2n) is 4.52. The summed E-state index contributed by atoms with van der Waals surface area (Å²) in [5, 5.41) is 8.40. The van der Waals surface area contributed by atoms with Crippen LogP contribution in [0.4, 0.5) is 0 Å². The third-order valence-corrected chi connectivity index (χ3v) is 2.90. The molecule has 0 saturated heterocycles. The second-order valence-corrected chi connectivity index (χ2v) is 4.52. The van der Waals surface area contributed by atoms with E-state index < -0.39 is 0 Å². The Morgan fingerprint density at radius 3 is 2.50 bits per heavy atom. The molecule has 0 aliphatic heterocycles. The molecule has 0 radical (unpaired) electrons. The van der Waals surface area contributed by atoms with Gasteiger partial charge in [0.25, 0.3) is 0 Å². The predicted octanol–water partition coefficient (Wildman–Crippen LogP) is 1.35.